The minimum Gasteiger partial charge on any atom is -0.392 e. The number of nitrogens with two attached hydrogens (primary N) is 1. The molecule has 9 nitrogen and oxygen atoms in total. The van der Waals surface area contributed by atoms with Crippen LogP contribution in [0.1, 0.15) is 39.0 Å². The highest BCUT2D eigenvalue weighted by molar-refractivity contribution is 5.99. The predicted octanol–water partition coefficient (Wildman–Crippen LogP) is 0.869. The first-order valence-electron chi connectivity index (χ1n) is 8.93. The minimum atomic E-state index is -0.677. The van der Waals surface area contributed by atoms with Gasteiger partial charge in [-0.05, 0) is 38.7 Å². The Morgan fingerprint density at radius 3 is 2.78 bits per heavy atom. The molecule has 144 valence electrons. The van der Waals surface area contributed by atoms with Gasteiger partial charge < -0.3 is 21.5 Å². The summed E-state index contributed by atoms with van der Waals surface area (Å²) < 4.78 is 0. The van der Waals surface area contributed by atoms with E-state index in [4.69, 9.17) is 5.73 Å². The Bertz CT molecular complexity index is 798. The molecule has 1 saturated carbocycles. The summed E-state index contributed by atoms with van der Waals surface area (Å²) in [7, 11) is 0. The van der Waals surface area contributed by atoms with E-state index in [0.29, 0.717) is 42.2 Å². The van der Waals surface area contributed by atoms with Crippen molar-refractivity contribution in [1.82, 2.24) is 20.2 Å². The van der Waals surface area contributed by atoms with Crippen molar-refractivity contribution >= 4 is 24.0 Å². The maximum atomic E-state index is 12.6. The maximum Gasteiger partial charge on any atom is 0.270 e. The van der Waals surface area contributed by atoms with E-state index >= 15 is 0 Å². The van der Waals surface area contributed by atoms with Crippen LogP contribution in [0.3, 0.4) is 0 Å². The third-order valence-electron chi connectivity index (χ3n) is 4.93. The van der Waals surface area contributed by atoms with Gasteiger partial charge in [0.05, 0.1) is 6.61 Å². The number of hydrogen-bond acceptors (Lipinski definition) is 7. The van der Waals surface area contributed by atoms with Crippen LogP contribution in [0.15, 0.2) is 35.4 Å². The van der Waals surface area contributed by atoms with Crippen LogP contribution in [0.2, 0.25) is 0 Å². The van der Waals surface area contributed by atoms with E-state index in [0.717, 1.165) is 19.3 Å². The van der Waals surface area contributed by atoms with E-state index in [2.05, 4.69) is 20.6 Å². The third-order valence-corrected chi connectivity index (χ3v) is 4.93. The zero-order valence-corrected chi connectivity index (χ0v) is 15.2. The van der Waals surface area contributed by atoms with Crippen molar-refractivity contribution in [3.05, 3.63) is 35.4 Å². The van der Waals surface area contributed by atoms with Gasteiger partial charge in [-0.3, -0.25) is 14.5 Å². The Morgan fingerprint density at radius 2 is 2.15 bits per heavy atom. The van der Waals surface area contributed by atoms with Gasteiger partial charge in [0.2, 0.25) is 6.41 Å². The molecule has 1 aromatic heterocycles. The van der Waals surface area contributed by atoms with Gasteiger partial charge in [0.1, 0.15) is 29.3 Å². The number of aliphatic hydroxyl groups excluding tert-OH is 1. The summed E-state index contributed by atoms with van der Waals surface area (Å²) in [5, 5.41) is 15.9. The van der Waals surface area contributed by atoms with Gasteiger partial charge in [-0.25, -0.2) is 9.97 Å². The second kappa shape index (κ2) is 7.75. The normalized spacial score (nSPS) is 21.2. The van der Waals surface area contributed by atoms with Crippen LogP contribution >= 0.6 is 0 Å². The van der Waals surface area contributed by atoms with Gasteiger partial charge >= 0.3 is 0 Å². The van der Waals surface area contributed by atoms with Crippen molar-refractivity contribution in [2.24, 2.45) is 0 Å². The van der Waals surface area contributed by atoms with Crippen LogP contribution in [0.5, 0.6) is 0 Å². The van der Waals surface area contributed by atoms with Crippen LogP contribution < -0.4 is 16.4 Å². The van der Waals surface area contributed by atoms with Crippen LogP contribution in [-0.2, 0) is 9.59 Å². The molecule has 3 rings (SSSR count). The highest BCUT2D eigenvalue weighted by Crippen LogP contribution is 2.38. The molecular formula is C18H24N6O3. The van der Waals surface area contributed by atoms with E-state index in [1.165, 1.54) is 11.2 Å². The summed E-state index contributed by atoms with van der Waals surface area (Å²) >= 11 is 0. The van der Waals surface area contributed by atoms with Crippen LogP contribution in [0, 0.1) is 0 Å². The minimum absolute atomic E-state index is 0.192. The molecule has 2 amide bonds. The summed E-state index contributed by atoms with van der Waals surface area (Å²) in [6.45, 7) is 1.39. The van der Waals surface area contributed by atoms with E-state index in [-0.39, 0.29) is 18.2 Å². The standard InChI is InChI=1S/C18H24N6O3/c1-12(22-15-8-14(19)20-10-21-15)7-13(9-25)16-17(27)23-18(24(16)11-26)5-3-2-4-6-18/h7-8,10-11,25H,2-6,9H2,1H3,(H,23,27)(H3,19,20,21,22)/b12-7+,16-13+. The molecule has 1 saturated heterocycles. The number of carbonyl (C=O) groups is 2. The lowest BCUT2D eigenvalue weighted by atomic mass is 9.88. The fourth-order valence-corrected chi connectivity index (χ4v) is 3.74. The van der Waals surface area contributed by atoms with E-state index in [9.17, 15) is 14.7 Å². The molecule has 0 bridgehead atoms. The number of amides is 2. The molecule has 0 radical (unpaired) electrons. The molecule has 0 aromatic carbocycles. The number of hydrogen-bond donors (Lipinski definition) is 4. The Morgan fingerprint density at radius 1 is 1.41 bits per heavy atom. The quantitative estimate of drug-likeness (QED) is 0.445. The number of nitrogens with one attached hydrogen (secondary N) is 2. The largest absolute Gasteiger partial charge is 0.392 e. The molecular weight excluding hydrogens is 348 g/mol. The average molecular weight is 372 g/mol. The van der Waals surface area contributed by atoms with Gasteiger partial charge in [-0.15, -0.1) is 0 Å². The van der Waals surface area contributed by atoms with E-state index in [1.807, 2.05) is 0 Å². The highest BCUT2D eigenvalue weighted by atomic mass is 16.3. The summed E-state index contributed by atoms with van der Waals surface area (Å²) in [6.07, 6.45) is 8.03. The fourth-order valence-electron chi connectivity index (χ4n) is 3.74. The number of rotatable bonds is 5. The molecule has 9 heteroatoms. The van der Waals surface area contributed by atoms with Gasteiger partial charge in [0.15, 0.2) is 0 Å². The molecule has 5 N–H and O–H groups in total. The summed E-state index contributed by atoms with van der Waals surface area (Å²) in [5.74, 6) is 0.469. The van der Waals surface area contributed by atoms with Crippen molar-refractivity contribution in [3.63, 3.8) is 0 Å². The second-order valence-corrected chi connectivity index (χ2v) is 6.83. The second-order valence-electron chi connectivity index (χ2n) is 6.83. The third kappa shape index (κ3) is 3.77. The van der Waals surface area contributed by atoms with Gasteiger partial charge in [-0.1, -0.05) is 6.42 Å². The van der Waals surface area contributed by atoms with Crippen molar-refractivity contribution in [2.75, 3.05) is 17.7 Å². The smallest absolute Gasteiger partial charge is 0.270 e. The number of nitrogens with zero attached hydrogens (tertiary/aromatic N) is 3. The highest BCUT2D eigenvalue weighted by Gasteiger charge is 2.48. The SMILES string of the molecule is C/C(=C\C(CO)=C1\C(=O)NC2(CCCCC2)N1C=O)Nc1cc(N)ncn1. The first-order chi connectivity index (χ1) is 13.0. The number of aliphatic hydroxyl groups is 1. The molecule has 0 atom stereocenters. The lowest BCUT2D eigenvalue weighted by Gasteiger charge is -2.38. The zero-order valence-electron chi connectivity index (χ0n) is 15.2. The van der Waals surface area contributed by atoms with Crippen molar-refractivity contribution < 1.29 is 14.7 Å². The topological polar surface area (TPSA) is 133 Å². The Labute approximate surface area is 157 Å². The zero-order chi connectivity index (χ0) is 19.4. The number of aromatic nitrogens is 2. The molecule has 2 aliphatic rings. The number of carbonyl (C=O) groups excluding carboxylic acids is 2. The molecule has 27 heavy (non-hydrogen) atoms. The monoisotopic (exact) mass is 372 g/mol. The van der Waals surface area contributed by atoms with Crippen molar-refractivity contribution in [3.8, 4) is 0 Å². The molecule has 2 fully saturated rings. The summed E-state index contributed by atoms with van der Waals surface area (Å²) in [6, 6.07) is 1.57. The summed E-state index contributed by atoms with van der Waals surface area (Å²) in [4.78, 5) is 33.8. The Balaban J connectivity index is 1.92. The van der Waals surface area contributed by atoms with E-state index < -0.39 is 5.66 Å². The molecule has 0 unspecified atom stereocenters. The van der Waals surface area contributed by atoms with Crippen LogP contribution in [0.4, 0.5) is 11.6 Å². The maximum absolute atomic E-state index is 12.6. The Kier molecular flexibility index (Phi) is 5.41. The first kappa shape index (κ1) is 18.8. The van der Waals surface area contributed by atoms with Gasteiger partial charge in [0, 0.05) is 17.3 Å². The number of allylic oxidation sites excluding steroid dienone is 1. The molecule has 1 aliphatic carbocycles. The number of nitrogen functional groups attached to an aromatic ring is 1. The Hall–Kier alpha value is -2.94. The lowest BCUT2D eigenvalue weighted by Crippen LogP contribution is -2.52. The molecule has 2 heterocycles. The first-order valence-corrected chi connectivity index (χ1v) is 8.93. The predicted molar refractivity (Wildman–Crippen MR) is 99.8 cm³/mol. The van der Waals surface area contributed by atoms with E-state index in [1.54, 1.807) is 19.1 Å². The average Bonchev–Trinajstić information content (AvgIpc) is 2.90. The summed E-state index contributed by atoms with van der Waals surface area (Å²) in [5.41, 5.74) is 6.14. The van der Waals surface area contributed by atoms with Crippen LogP contribution in [-0.4, -0.2) is 44.6 Å². The fraction of sp³-hybridized carbons (Fsp3) is 0.444. The molecule has 1 aromatic rings. The number of anilines is 2. The van der Waals surface area contributed by atoms with Gasteiger partial charge in [0.25, 0.3) is 5.91 Å². The molecule has 1 aliphatic heterocycles. The van der Waals surface area contributed by atoms with Crippen molar-refractivity contribution in [1.29, 1.82) is 0 Å². The molecule has 1 spiro atoms. The van der Waals surface area contributed by atoms with Gasteiger partial charge in [-0.2, -0.15) is 0 Å². The van der Waals surface area contributed by atoms with Crippen LogP contribution in [0.25, 0.3) is 0 Å². The lowest BCUT2D eigenvalue weighted by molar-refractivity contribution is -0.121. The van der Waals surface area contributed by atoms with Crippen molar-refractivity contribution in [2.45, 2.75) is 44.7 Å².